The van der Waals surface area contributed by atoms with Crippen molar-refractivity contribution in [2.45, 2.75) is 59.9 Å². The molecule has 1 aliphatic carbocycles. The van der Waals surface area contributed by atoms with E-state index in [2.05, 4.69) is 134 Å². The maximum atomic E-state index is 2.50. The van der Waals surface area contributed by atoms with Gasteiger partial charge in [-0.1, -0.05) is 87.9 Å². The Morgan fingerprint density at radius 1 is 1.26 bits per heavy atom. The summed E-state index contributed by atoms with van der Waals surface area (Å²) in [6.45, 7) is 13.7. The molecule has 2 heteroatoms. The molecule has 0 amide bonds. The molecule has 0 saturated carbocycles. The van der Waals surface area contributed by atoms with Crippen molar-refractivity contribution in [3.63, 3.8) is 0 Å². The number of benzene rings is 1. The van der Waals surface area contributed by atoms with Gasteiger partial charge in [0.05, 0.1) is 28.4 Å². The van der Waals surface area contributed by atoms with E-state index in [1.165, 1.54) is 16.8 Å². The lowest BCUT2D eigenvalue weighted by molar-refractivity contribution is 0.223. The molecule has 0 aliphatic heterocycles. The van der Waals surface area contributed by atoms with Crippen molar-refractivity contribution in [1.82, 2.24) is 0 Å². The summed E-state index contributed by atoms with van der Waals surface area (Å²) in [6.07, 6.45) is 17.9. The Labute approximate surface area is 180 Å². The summed E-state index contributed by atoms with van der Waals surface area (Å²) in [4.78, 5) is 0. The standard InChI is InChI=1S/C25H34IN/c1-7-8-12-20(2)16-17-21-13-11-14-22(19-21)27(26)25(6)18-10-9-15-23(25)24(3,4)5/h8-16,18-19,23H,7,17H2,1-6H3/b12-8-,20-16-. The van der Waals surface area contributed by atoms with Crippen LogP contribution in [0.5, 0.6) is 0 Å². The van der Waals surface area contributed by atoms with Crippen molar-refractivity contribution in [3.8, 4) is 0 Å². The largest absolute Gasteiger partial charge is 0.305 e. The lowest BCUT2D eigenvalue weighted by Gasteiger charge is -2.48. The number of hydrogen-bond acceptors (Lipinski definition) is 1. The minimum atomic E-state index is -0.0538. The van der Waals surface area contributed by atoms with Gasteiger partial charge in [-0.2, -0.15) is 0 Å². The molecule has 0 aromatic heterocycles. The first-order chi connectivity index (χ1) is 12.7. The second-order valence-electron chi connectivity index (χ2n) is 8.73. The number of nitrogens with zero attached hydrogens (tertiary/aromatic N) is 1. The van der Waals surface area contributed by atoms with Crippen molar-refractivity contribution in [3.05, 3.63) is 77.9 Å². The normalized spacial score (nSPS) is 23.2. The molecular formula is C25H34IN. The van der Waals surface area contributed by atoms with Crippen LogP contribution in [0.25, 0.3) is 0 Å². The minimum Gasteiger partial charge on any atom is -0.305 e. The third-order valence-corrected chi connectivity index (χ3v) is 6.84. The number of hydrogen-bond donors (Lipinski definition) is 0. The van der Waals surface area contributed by atoms with E-state index in [1.807, 2.05) is 0 Å². The first kappa shape index (κ1) is 22.0. The van der Waals surface area contributed by atoms with Gasteiger partial charge in [-0.15, -0.1) is 0 Å². The number of allylic oxidation sites excluding steroid dienone is 6. The zero-order valence-corrected chi connectivity index (χ0v) is 19.8. The Hall–Kier alpha value is -1.29. The summed E-state index contributed by atoms with van der Waals surface area (Å²) in [7, 11) is 0. The van der Waals surface area contributed by atoms with Crippen LogP contribution in [-0.2, 0) is 6.42 Å². The van der Waals surface area contributed by atoms with Crippen LogP contribution in [0.2, 0.25) is 0 Å². The Morgan fingerprint density at radius 3 is 2.67 bits per heavy atom. The molecule has 0 radical (unpaired) electrons. The van der Waals surface area contributed by atoms with Gasteiger partial charge < -0.3 is 3.11 Å². The van der Waals surface area contributed by atoms with Crippen LogP contribution in [0.4, 0.5) is 5.69 Å². The molecule has 146 valence electrons. The highest BCUT2D eigenvalue weighted by atomic mass is 127. The summed E-state index contributed by atoms with van der Waals surface area (Å²) < 4.78 is 2.41. The third kappa shape index (κ3) is 5.60. The second-order valence-corrected chi connectivity index (χ2v) is 9.69. The molecule has 0 N–H and O–H groups in total. The van der Waals surface area contributed by atoms with Crippen molar-refractivity contribution in [2.24, 2.45) is 11.3 Å². The quantitative estimate of drug-likeness (QED) is 0.230. The lowest BCUT2D eigenvalue weighted by atomic mass is 9.67. The summed E-state index contributed by atoms with van der Waals surface area (Å²) in [5.41, 5.74) is 4.09. The molecule has 2 rings (SSSR count). The Kier molecular flexibility index (Phi) is 7.55. The van der Waals surface area contributed by atoms with Gasteiger partial charge in [-0.05, 0) is 49.8 Å². The maximum Gasteiger partial charge on any atom is 0.0723 e. The van der Waals surface area contributed by atoms with Crippen molar-refractivity contribution >= 4 is 28.6 Å². The summed E-state index contributed by atoms with van der Waals surface area (Å²) in [5.74, 6) is 0.442. The molecule has 2 unspecified atom stereocenters. The minimum absolute atomic E-state index is 0.0538. The van der Waals surface area contributed by atoms with E-state index in [4.69, 9.17) is 0 Å². The maximum absolute atomic E-state index is 2.50. The molecular weight excluding hydrogens is 441 g/mol. The van der Waals surface area contributed by atoms with Gasteiger partial charge >= 0.3 is 0 Å². The highest BCUT2D eigenvalue weighted by Gasteiger charge is 2.42. The van der Waals surface area contributed by atoms with Gasteiger partial charge in [0.25, 0.3) is 0 Å². The molecule has 1 nitrogen and oxygen atoms in total. The van der Waals surface area contributed by atoms with Gasteiger partial charge in [0.2, 0.25) is 0 Å². The van der Waals surface area contributed by atoms with Crippen LogP contribution >= 0.6 is 22.9 Å². The molecule has 2 atom stereocenters. The van der Waals surface area contributed by atoms with E-state index in [0.717, 1.165) is 12.8 Å². The van der Waals surface area contributed by atoms with Crippen LogP contribution in [0, 0.1) is 11.3 Å². The number of rotatable bonds is 6. The van der Waals surface area contributed by atoms with Gasteiger partial charge in [0, 0.05) is 11.6 Å². The summed E-state index contributed by atoms with van der Waals surface area (Å²) in [6, 6.07) is 8.96. The fourth-order valence-corrected chi connectivity index (χ4v) is 4.57. The monoisotopic (exact) mass is 475 g/mol. The van der Waals surface area contributed by atoms with Crippen LogP contribution in [0.15, 0.2) is 72.4 Å². The van der Waals surface area contributed by atoms with E-state index < -0.39 is 0 Å². The first-order valence-electron chi connectivity index (χ1n) is 9.92. The Morgan fingerprint density at radius 2 is 2.00 bits per heavy atom. The van der Waals surface area contributed by atoms with E-state index in [0.29, 0.717) is 5.92 Å². The molecule has 1 aromatic rings. The second kappa shape index (κ2) is 9.27. The lowest BCUT2D eigenvalue weighted by Crippen LogP contribution is -2.50. The molecule has 0 heterocycles. The zero-order valence-electron chi connectivity index (χ0n) is 17.7. The molecule has 0 bridgehead atoms. The number of halogens is 1. The average molecular weight is 475 g/mol. The Balaban J connectivity index is 2.26. The topological polar surface area (TPSA) is 3.24 Å². The van der Waals surface area contributed by atoms with E-state index in [-0.39, 0.29) is 11.0 Å². The highest BCUT2D eigenvalue weighted by molar-refractivity contribution is 14.1. The van der Waals surface area contributed by atoms with E-state index >= 15 is 0 Å². The fraction of sp³-hybridized carbons (Fsp3) is 0.440. The predicted molar refractivity (Wildman–Crippen MR) is 129 cm³/mol. The molecule has 0 saturated heterocycles. The average Bonchev–Trinajstić information content (AvgIpc) is 2.63. The molecule has 1 aliphatic rings. The van der Waals surface area contributed by atoms with Gasteiger partial charge in [-0.3, -0.25) is 0 Å². The van der Waals surface area contributed by atoms with Crippen LogP contribution < -0.4 is 3.11 Å². The van der Waals surface area contributed by atoms with Crippen LogP contribution in [0.1, 0.15) is 53.5 Å². The first-order valence-corrected chi connectivity index (χ1v) is 10.9. The smallest absolute Gasteiger partial charge is 0.0723 e. The zero-order chi connectivity index (χ0) is 20.1. The summed E-state index contributed by atoms with van der Waals surface area (Å²) >= 11 is 2.50. The van der Waals surface area contributed by atoms with Crippen molar-refractivity contribution in [2.75, 3.05) is 3.11 Å². The van der Waals surface area contributed by atoms with Gasteiger partial charge in [0.15, 0.2) is 0 Å². The molecule has 1 aromatic carbocycles. The fourth-order valence-electron chi connectivity index (χ4n) is 3.81. The van der Waals surface area contributed by atoms with Crippen molar-refractivity contribution < 1.29 is 0 Å². The molecule has 0 fully saturated rings. The van der Waals surface area contributed by atoms with Crippen LogP contribution in [0.3, 0.4) is 0 Å². The number of anilines is 1. The van der Waals surface area contributed by atoms with Crippen LogP contribution in [-0.4, -0.2) is 5.54 Å². The molecule has 27 heavy (non-hydrogen) atoms. The van der Waals surface area contributed by atoms with E-state index in [1.54, 1.807) is 0 Å². The SMILES string of the molecule is CC/C=C\C(C)=C/Cc1cccc(N(I)C2(C)C=CC=CC2C(C)(C)C)c1. The highest BCUT2D eigenvalue weighted by Crippen LogP contribution is 2.45. The van der Waals surface area contributed by atoms with Gasteiger partial charge in [0.1, 0.15) is 0 Å². The van der Waals surface area contributed by atoms with Gasteiger partial charge in [-0.25, -0.2) is 0 Å². The molecule has 0 spiro atoms. The predicted octanol–water partition coefficient (Wildman–Crippen LogP) is 7.85. The van der Waals surface area contributed by atoms with E-state index in [9.17, 15) is 0 Å². The third-order valence-electron chi connectivity index (χ3n) is 5.25. The van der Waals surface area contributed by atoms with Crippen molar-refractivity contribution in [1.29, 1.82) is 0 Å². The Bertz CT molecular complexity index is 748. The summed E-state index contributed by atoms with van der Waals surface area (Å²) in [5, 5.41) is 0.